The molecule has 2 fully saturated rings. The second-order valence-electron chi connectivity index (χ2n) is 7.51. The van der Waals surface area contributed by atoms with E-state index in [0.29, 0.717) is 36.9 Å². The van der Waals surface area contributed by atoms with E-state index in [1.165, 1.54) is 0 Å². The van der Waals surface area contributed by atoms with Crippen molar-refractivity contribution in [3.8, 4) is 5.75 Å². The van der Waals surface area contributed by atoms with Gasteiger partial charge in [0.15, 0.2) is 0 Å². The van der Waals surface area contributed by atoms with E-state index >= 15 is 0 Å². The van der Waals surface area contributed by atoms with E-state index in [1.807, 2.05) is 42.2 Å². The molecule has 4 rings (SSSR count). The molecule has 0 N–H and O–H groups in total. The molecule has 8 heteroatoms. The maximum atomic E-state index is 13.3. The number of anilines is 1. The molecule has 0 radical (unpaired) electrons. The molecule has 0 aromatic heterocycles. The molecule has 1 atom stereocenters. The van der Waals surface area contributed by atoms with Crippen LogP contribution in [0.25, 0.3) is 0 Å². The number of halogens is 1. The lowest BCUT2D eigenvalue weighted by atomic mass is 10.1. The van der Waals surface area contributed by atoms with E-state index in [0.717, 1.165) is 29.0 Å². The van der Waals surface area contributed by atoms with Gasteiger partial charge in [0.1, 0.15) is 11.8 Å². The average molecular weight is 504 g/mol. The van der Waals surface area contributed by atoms with Gasteiger partial charge in [0, 0.05) is 42.0 Å². The SMILES string of the molecule is CCOc1ccccc1N1CCN(C(=O)C2CSCN2C(=O)c2cccc(Br)c2)CC1. The van der Waals surface area contributed by atoms with Crippen LogP contribution in [0.15, 0.2) is 53.0 Å². The van der Waals surface area contributed by atoms with Gasteiger partial charge in [-0.25, -0.2) is 0 Å². The van der Waals surface area contributed by atoms with E-state index < -0.39 is 6.04 Å². The first-order valence-corrected chi connectivity index (χ1v) is 12.4. The van der Waals surface area contributed by atoms with Crippen molar-refractivity contribution in [2.45, 2.75) is 13.0 Å². The topological polar surface area (TPSA) is 53.1 Å². The molecule has 2 aromatic carbocycles. The number of amides is 2. The van der Waals surface area contributed by atoms with Crippen LogP contribution in [-0.2, 0) is 4.79 Å². The summed E-state index contributed by atoms with van der Waals surface area (Å²) in [6.45, 7) is 5.37. The summed E-state index contributed by atoms with van der Waals surface area (Å²) in [7, 11) is 0. The summed E-state index contributed by atoms with van der Waals surface area (Å²) in [5, 5.41) is 0. The zero-order valence-corrected chi connectivity index (χ0v) is 19.9. The van der Waals surface area contributed by atoms with Crippen LogP contribution in [-0.4, -0.2) is 72.1 Å². The summed E-state index contributed by atoms with van der Waals surface area (Å²) < 4.78 is 6.62. The molecule has 6 nitrogen and oxygen atoms in total. The highest BCUT2D eigenvalue weighted by atomic mass is 79.9. The summed E-state index contributed by atoms with van der Waals surface area (Å²) in [6.07, 6.45) is 0. The Morgan fingerprint density at radius 2 is 1.87 bits per heavy atom. The third-order valence-electron chi connectivity index (χ3n) is 5.60. The van der Waals surface area contributed by atoms with Crippen molar-refractivity contribution in [3.63, 3.8) is 0 Å². The fourth-order valence-corrected chi connectivity index (χ4v) is 5.55. The van der Waals surface area contributed by atoms with Crippen LogP contribution in [0.2, 0.25) is 0 Å². The van der Waals surface area contributed by atoms with Gasteiger partial charge >= 0.3 is 0 Å². The van der Waals surface area contributed by atoms with Crippen LogP contribution < -0.4 is 9.64 Å². The number of carbonyl (C=O) groups is 2. The van der Waals surface area contributed by atoms with Gasteiger partial charge in [-0.2, -0.15) is 0 Å². The molecular formula is C23H26BrN3O3S. The fourth-order valence-electron chi connectivity index (χ4n) is 4.01. The third kappa shape index (κ3) is 4.85. The molecule has 0 saturated carbocycles. The molecule has 2 heterocycles. The van der Waals surface area contributed by atoms with Crippen molar-refractivity contribution in [3.05, 3.63) is 58.6 Å². The molecule has 1 unspecified atom stereocenters. The number of para-hydroxylation sites is 2. The molecule has 2 aliphatic heterocycles. The van der Waals surface area contributed by atoms with Gasteiger partial charge in [0.2, 0.25) is 5.91 Å². The van der Waals surface area contributed by atoms with Gasteiger partial charge in [-0.3, -0.25) is 9.59 Å². The van der Waals surface area contributed by atoms with E-state index in [4.69, 9.17) is 4.74 Å². The number of thioether (sulfide) groups is 1. The summed E-state index contributed by atoms with van der Waals surface area (Å²) in [6, 6.07) is 15.0. The Morgan fingerprint density at radius 1 is 1.10 bits per heavy atom. The maximum absolute atomic E-state index is 13.3. The van der Waals surface area contributed by atoms with Crippen molar-refractivity contribution >= 4 is 45.2 Å². The monoisotopic (exact) mass is 503 g/mol. The van der Waals surface area contributed by atoms with E-state index in [9.17, 15) is 9.59 Å². The van der Waals surface area contributed by atoms with Crippen LogP contribution >= 0.6 is 27.7 Å². The highest BCUT2D eigenvalue weighted by molar-refractivity contribution is 9.10. The Balaban J connectivity index is 1.41. The minimum Gasteiger partial charge on any atom is -0.492 e. The van der Waals surface area contributed by atoms with Gasteiger partial charge < -0.3 is 19.4 Å². The second kappa shape index (κ2) is 9.96. The highest BCUT2D eigenvalue weighted by Gasteiger charge is 2.38. The van der Waals surface area contributed by atoms with Crippen molar-refractivity contribution in [1.82, 2.24) is 9.80 Å². The normalized spacial score (nSPS) is 18.9. The Bertz CT molecular complexity index is 949. The van der Waals surface area contributed by atoms with E-state index in [2.05, 4.69) is 26.9 Å². The number of hydrogen-bond acceptors (Lipinski definition) is 5. The molecule has 2 aliphatic rings. The number of ether oxygens (including phenoxy) is 1. The second-order valence-corrected chi connectivity index (χ2v) is 9.43. The molecule has 2 saturated heterocycles. The number of benzene rings is 2. The minimum absolute atomic E-state index is 0.0473. The Morgan fingerprint density at radius 3 is 2.61 bits per heavy atom. The van der Waals surface area contributed by atoms with Gasteiger partial charge in [-0.15, -0.1) is 11.8 Å². The maximum Gasteiger partial charge on any atom is 0.255 e. The number of piperazine rings is 1. The van der Waals surface area contributed by atoms with Crippen LogP contribution in [0.1, 0.15) is 17.3 Å². The third-order valence-corrected chi connectivity index (χ3v) is 7.10. The first-order chi connectivity index (χ1) is 15.1. The van der Waals surface area contributed by atoms with Crippen LogP contribution in [0.3, 0.4) is 0 Å². The van der Waals surface area contributed by atoms with Crippen molar-refractivity contribution < 1.29 is 14.3 Å². The average Bonchev–Trinajstić information content (AvgIpc) is 3.29. The van der Waals surface area contributed by atoms with Gasteiger partial charge in [0.25, 0.3) is 5.91 Å². The number of hydrogen-bond donors (Lipinski definition) is 0. The Hall–Kier alpha value is -2.19. The Labute approximate surface area is 195 Å². The summed E-state index contributed by atoms with van der Waals surface area (Å²) in [5.41, 5.74) is 1.67. The Kier molecular flexibility index (Phi) is 7.07. The lowest BCUT2D eigenvalue weighted by molar-refractivity contribution is -0.135. The quantitative estimate of drug-likeness (QED) is 0.622. The van der Waals surface area contributed by atoms with Crippen LogP contribution in [0.5, 0.6) is 5.75 Å². The molecule has 0 aliphatic carbocycles. The molecule has 164 valence electrons. The molecule has 2 aromatic rings. The van der Waals surface area contributed by atoms with Gasteiger partial charge in [-0.05, 0) is 37.3 Å². The van der Waals surface area contributed by atoms with Crippen molar-refractivity contribution in [2.75, 3.05) is 49.3 Å². The zero-order chi connectivity index (χ0) is 21.8. The van der Waals surface area contributed by atoms with E-state index in [1.54, 1.807) is 28.8 Å². The first-order valence-electron chi connectivity index (χ1n) is 10.5. The van der Waals surface area contributed by atoms with Crippen molar-refractivity contribution in [1.29, 1.82) is 0 Å². The smallest absolute Gasteiger partial charge is 0.255 e. The standard InChI is InChI=1S/C23H26BrN3O3S/c1-2-30-21-9-4-3-8-19(21)25-10-12-26(13-11-25)23(29)20-15-31-16-27(20)22(28)17-6-5-7-18(24)14-17/h3-9,14,20H,2,10-13,15-16H2,1H3. The predicted molar refractivity (Wildman–Crippen MR) is 128 cm³/mol. The van der Waals surface area contributed by atoms with Crippen LogP contribution in [0, 0.1) is 0 Å². The summed E-state index contributed by atoms with van der Waals surface area (Å²) in [4.78, 5) is 32.2. The van der Waals surface area contributed by atoms with Crippen LogP contribution in [0.4, 0.5) is 5.69 Å². The minimum atomic E-state index is -0.404. The molecule has 2 amide bonds. The first kappa shape index (κ1) is 22.0. The lowest BCUT2D eigenvalue weighted by Crippen LogP contribution is -2.55. The van der Waals surface area contributed by atoms with Gasteiger partial charge in [-0.1, -0.05) is 34.1 Å². The number of nitrogens with zero attached hydrogens (tertiary/aromatic N) is 3. The molecular weight excluding hydrogens is 478 g/mol. The predicted octanol–water partition coefficient (Wildman–Crippen LogP) is 3.71. The highest BCUT2D eigenvalue weighted by Crippen LogP contribution is 2.30. The molecule has 0 spiro atoms. The molecule has 31 heavy (non-hydrogen) atoms. The molecule has 0 bridgehead atoms. The van der Waals surface area contributed by atoms with Gasteiger partial charge in [0.05, 0.1) is 18.2 Å². The summed E-state index contributed by atoms with van der Waals surface area (Å²) >= 11 is 5.05. The largest absolute Gasteiger partial charge is 0.492 e. The number of carbonyl (C=O) groups excluding carboxylic acids is 2. The number of rotatable bonds is 5. The summed E-state index contributed by atoms with van der Waals surface area (Å²) in [5.74, 6) is 2.03. The fraction of sp³-hybridized carbons (Fsp3) is 0.391. The van der Waals surface area contributed by atoms with Crippen molar-refractivity contribution in [2.24, 2.45) is 0 Å². The lowest BCUT2D eigenvalue weighted by Gasteiger charge is -2.38. The zero-order valence-electron chi connectivity index (χ0n) is 17.5. The van der Waals surface area contributed by atoms with E-state index in [-0.39, 0.29) is 11.8 Å².